The molecule has 0 bridgehead atoms. The van der Waals surface area contributed by atoms with Gasteiger partial charge in [-0.25, -0.2) is 0 Å². The fourth-order valence-electron chi connectivity index (χ4n) is 2.75. The van der Waals surface area contributed by atoms with Crippen molar-refractivity contribution in [2.45, 2.75) is 40.3 Å². The van der Waals surface area contributed by atoms with Crippen LogP contribution in [0, 0.1) is 12.8 Å². The predicted octanol–water partition coefficient (Wildman–Crippen LogP) is 3.56. The lowest BCUT2D eigenvalue weighted by molar-refractivity contribution is -0.142. The van der Waals surface area contributed by atoms with Crippen LogP contribution in [-0.2, 0) is 16.1 Å². The number of aryl methyl sites for hydroxylation is 1. The Balaban J connectivity index is 2.13. The first-order valence-corrected chi connectivity index (χ1v) is 9.68. The molecule has 1 N–H and O–H groups in total. The minimum Gasteiger partial charge on any atom is -0.484 e. The first-order valence-electron chi connectivity index (χ1n) is 9.68. The van der Waals surface area contributed by atoms with Crippen molar-refractivity contribution >= 4 is 11.8 Å². The fraction of sp³-hybridized carbons (Fsp3) is 0.391. The zero-order valence-electron chi connectivity index (χ0n) is 17.1. The van der Waals surface area contributed by atoms with Crippen molar-refractivity contribution in [2.24, 2.45) is 5.92 Å². The van der Waals surface area contributed by atoms with E-state index in [9.17, 15) is 9.59 Å². The average Bonchev–Trinajstić information content (AvgIpc) is 2.69. The molecule has 2 rings (SSSR count). The van der Waals surface area contributed by atoms with E-state index in [0.717, 1.165) is 11.1 Å². The van der Waals surface area contributed by atoms with E-state index in [4.69, 9.17) is 4.74 Å². The number of hydrogen-bond donors (Lipinski definition) is 1. The Kier molecular flexibility index (Phi) is 8.05. The number of ether oxygens (including phenoxy) is 1. The van der Waals surface area contributed by atoms with Crippen LogP contribution in [-0.4, -0.2) is 35.9 Å². The van der Waals surface area contributed by atoms with Gasteiger partial charge in [-0.3, -0.25) is 9.59 Å². The van der Waals surface area contributed by atoms with E-state index in [1.807, 2.05) is 63.2 Å². The summed E-state index contributed by atoms with van der Waals surface area (Å²) in [6.45, 7) is 8.66. The lowest BCUT2D eigenvalue weighted by Gasteiger charge is -2.29. The van der Waals surface area contributed by atoms with Crippen LogP contribution < -0.4 is 10.1 Å². The molecular formula is C23H30N2O3. The van der Waals surface area contributed by atoms with Crippen LogP contribution in [0.15, 0.2) is 54.6 Å². The molecule has 2 aromatic rings. The molecule has 0 spiro atoms. The van der Waals surface area contributed by atoms with Gasteiger partial charge in [0.1, 0.15) is 11.8 Å². The minimum atomic E-state index is -0.592. The molecule has 5 heteroatoms. The first-order chi connectivity index (χ1) is 13.4. The molecule has 2 amide bonds. The van der Waals surface area contributed by atoms with Crippen molar-refractivity contribution in [3.63, 3.8) is 0 Å². The maximum atomic E-state index is 12.9. The molecule has 0 aliphatic rings. The van der Waals surface area contributed by atoms with Gasteiger partial charge >= 0.3 is 0 Å². The SMILES string of the molecule is Cc1ccccc1CN(C(=O)COc1ccccc1)C(C)C(=O)NCC(C)C. The van der Waals surface area contributed by atoms with Gasteiger partial charge in [0.25, 0.3) is 5.91 Å². The number of nitrogens with zero attached hydrogens (tertiary/aromatic N) is 1. The molecule has 5 nitrogen and oxygen atoms in total. The quantitative estimate of drug-likeness (QED) is 0.721. The normalized spacial score (nSPS) is 11.8. The number of carbonyl (C=O) groups is 2. The Morgan fingerprint density at radius 3 is 2.29 bits per heavy atom. The van der Waals surface area contributed by atoms with Gasteiger partial charge in [-0.2, -0.15) is 0 Å². The highest BCUT2D eigenvalue weighted by molar-refractivity contribution is 5.88. The van der Waals surface area contributed by atoms with Crippen molar-refractivity contribution in [1.82, 2.24) is 10.2 Å². The molecular weight excluding hydrogens is 352 g/mol. The molecule has 0 saturated carbocycles. The van der Waals surface area contributed by atoms with Crippen molar-refractivity contribution in [1.29, 1.82) is 0 Å². The van der Waals surface area contributed by atoms with E-state index in [2.05, 4.69) is 5.32 Å². The molecule has 2 aromatic carbocycles. The third-order valence-electron chi connectivity index (χ3n) is 4.56. The Hall–Kier alpha value is -2.82. The molecule has 28 heavy (non-hydrogen) atoms. The van der Waals surface area contributed by atoms with Crippen molar-refractivity contribution in [3.8, 4) is 5.75 Å². The van der Waals surface area contributed by atoms with Gasteiger partial charge in [0, 0.05) is 13.1 Å². The summed E-state index contributed by atoms with van der Waals surface area (Å²) in [5.41, 5.74) is 2.10. The standard InChI is InChI=1S/C23H30N2O3/c1-17(2)14-24-23(27)19(4)25(15-20-11-9-8-10-18(20)3)22(26)16-28-21-12-6-5-7-13-21/h5-13,17,19H,14-16H2,1-4H3,(H,24,27). The zero-order chi connectivity index (χ0) is 20.5. The van der Waals surface area contributed by atoms with E-state index in [0.29, 0.717) is 24.8 Å². The number of rotatable bonds is 9. The number of carbonyl (C=O) groups excluding carboxylic acids is 2. The van der Waals surface area contributed by atoms with Crippen LogP contribution in [0.2, 0.25) is 0 Å². The van der Waals surface area contributed by atoms with Crippen LogP contribution in [0.25, 0.3) is 0 Å². The minimum absolute atomic E-state index is 0.113. The number of benzene rings is 2. The van der Waals surface area contributed by atoms with E-state index < -0.39 is 6.04 Å². The summed E-state index contributed by atoms with van der Waals surface area (Å²) in [6.07, 6.45) is 0. The summed E-state index contributed by atoms with van der Waals surface area (Å²) in [4.78, 5) is 27.1. The summed E-state index contributed by atoms with van der Waals surface area (Å²) in [5.74, 6) is 0.594. The van der Waals surface area contributed by atoms with E-state index in [-0.39, 0.29) is 18.4 Å². The molecule has 0 fully saturated rings. The Morgan fingerprint density at radius 2 is 1.64 bits per heavy atom. The Bertz CT molecular complexity index is 774. The lowest BCUT2D eigenvalue weighted by atomic mass is 10.1. The van der Waals surface area contributed by atoms with E-state index in [1.165, 1.54) is 0 Å². The molecule has 150 valence electrons. The third-order valence-corrected chi connectivity index (χ3v) is 4.56. The van der Waals surface area contributed by atoms with Gasteiger partial charge < -0.3 is 15.0 Å². The highest BCUT2D eigenvalue weighted by atomic mass is 16.5. The number of amides is 2. The van der Waals surface area contributed by atoms with Gasteiger partial charge in [0.15, 0.2) is 6.61 Å². The summed E-state index contributed by atoms with van der Waals surface area (Å²) >= 11 is 0. The molecule has 0 heterocycles. The third kappa shape index (κ3) is 6.41. The molecule has 1 unspecified atom stereocenters. The van der Waals surface area contributed by atoms with Gasteiger partial charge in [-0.1, -0.05) is 56.3 Å². The van der Waals surface area contributed by atoms with Crippen molar-refractivity contribution < 1.29 is 14.3 Å². The first kappa shape index (κ1) is 21.5. The molecule has 1 atom stereocenters. The van der Waals surface area contributed by atoms with Crippen molar-refractivity contribution in [3.05, 3.63) is 65.7 Å². The highest BCUT2D eigenvalue weighted by Gasteiger charge is 2.26. The van der Waals surface area contributed by atoms with Crippen molar-refractivity contribution in [2.75, 3.05) is 13.2 Å². The average molecular weight is 383 g/mol. The smallest absolute Gasteiger partial charge is 0.261 e. The molecule has 0 aromatic heterocycles. The second-order valence-corrected chi connectivity index (χ2v) is 7.36. The zero-order valence-corrected chi connectivity index (χ0v) is 17.1. The Labute approximate surface area is 167 Å². The molecule has 0 aliphatic heterocycles. The van der Waals surface area contributed by atoms with Crippen LogP contribution in [0.5, 0.6) is 5.75 Å². The predicted molar refractivity (Wildman–Crippen MR) is 111 cm³/mol. The number of nitrogens with one attached hydrogen (secondary N) is 1. The monoisotopic (exact) mass is 382 g/mol. The topological polar surface area (TPSA) is 58.6 Å². The van der Waals surface area contributed by atoms with Crippen LogP contribution in [0.3, 0.4) is 0 Å². The second-order valence-electron chi connectivity index (χ2n) is 7.36. The maximum absolute atomic E-state index is 12.9. The van der Waals surface area contributed by atoms with Gasteiger partial charge in [0.2, 0.25) is 5.91 Å². The number of para-hydroxylation sites is 1. The molecule has 0 radical (unpaired) electrons. The van der Waals surface area contributed by atoms with E-state index in [1.54, 1.807) is 24.0 Å². The van der Waals surface area contributed by atoms with Gasteiger partial charge in [-0.15, -0.1) is 0 Å². The maximum Gasteiger partial charge on any atom is 0.261 e. The van der Waals surface area contributed by atoms with Crippen LogP contribution in [0.4, 0.5) is 0 Å². The van der Waals surface area contributed by atoms with Gasteiger partial charge in [0.05, 0.1) is 0 Å². The summed E-state index contributed by atoms with van der Waals surface area (Å²) in [7, 11) is 0. The second kappa shape index (κ2) is 10.5. The summed E-state index contributed by atoms with van der Waals surface area (Å²) in [5, 5.41) is 2.92. The molecule has 0 aliphatic carbocycles. The lowest BCUT2D eigenvalue weighted by Crippen LogP contribution is -2.49. The van der Waals surface area contributed by atoms with E-state index >= 15 is 0 Å². The van der Waals surface area contributed by atoms with Crippen LogP contribution in [0.1, 0.15) is 31.9 Å². The Morgan fingerprint density at radius 1 is 1.00 bits per heavy atom. The molecule has 0 saturated heterocycles. The summed E-state index contributed by atoms with van der Waals surface area (Å²) < 4.78 is 5.62. The largest absolute Gasteiger partial charge is 0.484 e. The number of hydrogen-bond acceptors (Lipinski definition) is 3. The summed E-state index contributed by atoms with van der Waals surface area (Å²) in [6, 6.07) is 16.5. The van der Waals surface area contributed by atoms with Gasteiger partial charge in [-0.05, 0) is 43.0 Å². The van der Waals surface area contributed by atoms with Crippen LogP contribution >= 0.6 is 0 Å². The fourth-order valence-corrected chi connectivity index (χ4v) is 2.75. The highest BCUT2D eigenvalue weighted by Crippen LogP contribution is 2.15.